The third-order valence-electron chi connectivity index (χ3n) is 2.78. The Morgan fingerprint density at radius 3 is 2.88 bits per heavy atom. The summed E-state index contributed by atoms with van der Waals surface area (Å²) in [7, 11) is 2.18. The largest absolute Gasteiger partial charge is 0.330 e. The van der Waals surface area contributed by atoms with E-state index in [0.29, 0.717) is 0 Å². The standard InChI is InChI=1S/C12H23N3S/c1-10(5-4-6-13)7-15(3)8-12-11(2)14-9-16-12/h9-10H,4-8,13H2,1-3H3. The second-order valence-corrected chi connectivity index (χ2v) is 5.53. The van der Waals surface area contributed by atoms with E-state index in [0.717, 1.165) is 32.0 Å². The lowest BCUT2D eigenvalue weighted by atomic mass is 10.1. The Kier molecular flexibility index (Phi) is 5.95. The van der Waals surface area contributed by atoms with Gasteiger partial charge in [0, 0.05) is 18.0 Å². The van der Waals surface area contributed by atoms with Gasteiger partial charge in [0.1, 0.15) is 0 Å². The first-order valence-electron chi connectivity index (χ1n) is 5.91. The molecule has 0 aliphatic heterocycles. The maximum Gasteiger partial charge on any atom is 0.0798 e. The fourth-order valence-corrected chi connectivity index (χ4v) is 2.73. The van der Waals surface area contributed by atoms with Crippen LogP contribution in [0.3, 0.4) is 0 Å². The molecule has 0 amide bonds. The van der Waals surface area contributed by atoms with Crippen molar-refractivity contribution < 1.29 is 0 Å². The molecule has 0 saturated carbocycles. The predicted molar refractivity (Wildman–Crippen MR) is 70.6 cm³/mol. The highest BCUT2D eigenvalue weighted by Crippen LogP contribution is 2.15. The molecule has 0 fully saturated rings. The minimum absolute atomic E-state index is 0.724. The van der Waals surface area contributed by atoms with Crippen molar-refractivity contribution in [1.82, 2.24) is 9.88 Å². The van der Waals surface area contributed by atoms with Crippen molar-refractivity contribution in [3.63, 3.8) is 0 Å². The molecular weight excluding hydrogens is 218 g/mol. The van der Waals surface area contributed by atoms with Crippen LogP contribution in [0.4, 0.5) is 0 Å². The van der Waals surface area contributed by atoms with Crippen LogP contribution in [-0.2, 0) is 6.54 Å². The number of aromatic nitrogens is 1. The Labute approximate surface area is 103 Å². The van der Waals surface area contributed by atoms with Crippen LogP contribution >= 0.6 is 11.3 Å². The van der Waals surface area contributed by atoms with Gasteiger partial charge < -0.3 is 10.6 Å². The minimum Gasteiger partial charge on any atom is -0.330 e. The second kappa shape index (κ2) is 6.99. The molecule has 3 nitrogen and oxygen atoms in total. The zero-order valence-corrected chi connectivity index (χ0v) is 11.4. The zero-order chi connectivity index (χ0) is 12.0. The van der Waals surface area contributed by atoms with E-state index in [-0.39, 0.29) is 0 Å². The fraction of sp³-hybridized carbons (Fsp3) is 0.750. The van der Waals surface area contributed by atoms with E-state index in [9.17, 15) is 0 Å². The van der Waals surface area contributed by atoms with E-state index in [1.165, 1.54) is 17.0 Å². The molecule has 0 radical (unpaired) electrons. The quantitative estimate of drug-likeness (QED) is 0.796. The van der Waals surface area contributed by atoms with Crippen molar-refractivity contribution in [2.75, 3.05) is 20.1 Å². The Bertz CT molecular complexity index is 298. The Morgan fingerprint density at radius 1 is 1.56 bits per heavy atom. The topological polar surface area (TPSA) is 42.2 Å². The third kappa shape index (κ3) is 4.60. The molecule has 0 aliphatic rings. The van der Waals surface area contributed by atoms with Crippen molar-refractivity contribution in [3.8, 4) is 0 Å². The van der Waals surface area contributed by atoms with Crippen molar-refractivity contribution in [3.05, 3.63) is 16.1 Å². The summed E-state index contributed by atoms with van der Waals surface area (Å²) in [6, 6.07) is 0. The highest BCUT2D eigenvalue weighted by atomic mass is 32.1. The number of aryl methyl sites for hydroxylation is 1. The van der Waals surface area contributed by atoms with E-state index in [1.807, 2.05) is 5.51 Å². The summed E-state index contributed by atoms with van der Waals surface area (Å²) in [5.74, 6) is 0.724. The third-order valence-corrected chi connectivity index (χ3v) is 3.70. The summed E-state index contributed by atoms with van der Waals surface area (Å²) in [5.41, 5.74) is 8.62. The first-order valence-corrected chi connectivity index (χ1v) is 6.79. The number of nitrogens with zero attached hydrogens (tertiary/aromatic N) is 2. The van der Waals surface area contributed by atoms with Crippen LogP contribution in [0.25, 0.3) is 0 Å². The van der Waals surface area contributed by atoms with Crippen LogP contribution in [0, 0.1) is 12.8 Å². The van der Waals surface area contributed by atoms with Crippen LogP contribution in [0.1, 0.15) is 30.3 Å². The van der Waals surface area contributed by atoms with Crippen molar-refractivity contribution in [1.29, 1.82) is 0 Å². The average Bonchev–Trinajstić information content (AvgIpc) is 2.61. The first kappa shape index (κ1) is 13.6. The Morgan fingerprint density at radius 2 is 2.31 bits per heavy atom. The number of thiazole rings is 1. The maximum absolute atomic E-state index is 5.52. The molecule has 0 saturated heterocycles. The van der Waals surface area contributed by atoms with Gasteiger partial charge in [-0.3, -0.25) is 0 Å². The van der Waals surface area contributed by atoms with Crippen molar-refractivity contribution in [2.24, 2.45) is 11.7 Å². The number of nitrogens with two attached hydrogens (primary N) is 1. The molecule has 1 heterocycles. The van der Waals surface area contributed by atoms with Crippen molar-refractivity contribution >= 4 is 11.3 Å². The predicted octanol–water partition coefficient (Wildman–Crippen LogP) is 2.26. The lowest BCUT2D eigenvalue weighted by Gasteiger charge is -2.20. The van der Waals surface area contributed by atoms with E-state index in [1.54, 1.807) is 11.3 Å². The fourth-order valence-electron chi connectivity index (χ4n) is 1.88. The van der Waals surface area contributed by atoms with Crippen molar-refractivity contribution in [2.45, 2.75) is 33.2 Å². The molecule has 16 heavy (non-hydrogen) atoms. The van der Waals surface area contributed by atoms with Crippen LogP contribution < -0.4 is 5.73 Å². The van der Waals surface area contributed by atoms with Gasteiger partial charge in [-0.15, -0.1) is 11.3 Å². The second-order valence-electron chi connectivity index (χ2n) is 4.59. The van der Waals surface area contributed by atoms with Crippen LogP contribution in [0.5, 0.6) is 0 Å². The van der Waals surface area contributed by atoms with Gasteiger partial charge in [-0.25, -0.2) is 4.98 Å². The van der Waals surface area contributed by atoms with E-state index in [2.05, 4.69) is 30.8 Å². The summed E-state index contributed by atoms with van der Waals surface area (Å²) < 4.78 is 0. The molecule has 1 rings (SSSR count). The first-order chi connectivity index (χ1) is 7.63. The van der Waals surface area contributed by atoms with E-state index in [4.69, 9.17) is 5.73 Å². The molecule has 2 N–H and O–H groups in total. The van der Waals surface area contributed by atoms with Crippen LogP contribution in [0.15, 0.2) is 5.51 Å². The molecule has 1 unspecified atom stereocenters. The molecule has 0 aliphatic carbocycles. The lowest BCUT2D eigenvalue weighted by molar-refractivity contribution is 0.271. The molecular formula is C12H23N3S. The molecule has 0 aromatic carbocycles. The number of rotatable bonds is 7. The van der Waals surface area contributed by atoms with Gasteiger partial charge in [0.05, 0.1) is 11.2 Å². The Balaban J connectivity index is 2.30. The molecule has 4 heteroatoms. The smallest absolute Gasteiger partial charge is 0.0798 e. The van der Waals surface area contributed by atoms with Gasteiger partial charge in [0.15, 0.2) is 0 Å². The van der Waals surface area contributed by atoms with Crippen LogP contribution in [0.2, 0.25) is 0 Å². The van der Waals surface area contributed by atoms with Crippen LogP contribution in [-0.4, -0.2) is 30.0 Å². The SMILES string of the molecule is Cc1ncsc1CN(C)CC(C)CCCN. The number of hydrogen-bond acceptors (Lipinski definition) is 4. The minimum atomic E-state index is 0.724. The monoisotopic (exact) mass is 241 g/mol. The summed E-state index contributed by atoms with van der Waals surface area (Å²) >= 11 is 1.75. The summed E-state index contributed by atoms with van der Waals surface area (Å²) in [5, 5.41) is 0. The average molecular weight is 241 g/mol. The normalized spacial score (nSPS) is 13.3. The van der Waals surface area contributed by atoms with Gasteiger partial charge in [-0.05, 0) is 39.3 Å². The van der Waals surface area contributed by atoms with Gasteiger partial charge in [0.25, 0.3) is 0 Å². The highest BCUT2D eigenvalue weighted by molar-refractivity contribution is 7.09. The molecule has 1 aromatic rings. The van der Waals surface area contributed by atoms with Gasteiger partial charge >= 0.3 is 0 Å². The molecule has 92 valence electrons. The molecule has 0 spiro atoms. The molecule has 1 aromatic heterocycles. The van der Waals surface area contributed by atoms with E-state index < -0.39 is 0 Å². The zero-order valence-electron chi connectivity index (χ0n) is 10.6. The van der Waals surface area contributed by atoms with Gasteiger partial charge in [-0.2, -0.15) is 0 Å². The van der Waals surface area contributed by atoms with E-state index >= 15 is 0 Å². The highest BCUT2D eigenvalue weighted by Gasteiger charge is 2.09. The molecule has 1 atom stereocenters. The Hall–Kier alpha value is -0.450. The molecule has 0 bridgehead atoms. The summed E-state index contributed by atoms with van der Waals surface area (Å²) in [4.78, 5) is 8.03. The lowest BCUT2D eigenvalue weighted by Crippen LogP contribution is -2.24. The van der Waals surface area contributed by atoms with Gasteiger partial charge in [-0.1, -0.05) is 6.92 Å². The summed E-state index contributed by atoms with van der Waals surface area (Å²) in [6.07, 6.45) is 2.36. The van der Waals surface area contributed by atoms with Gasteiger partial charge in [0.2, 0.25) is 0 Å². The summed E-state index contributed by atoms with van der Waals surface area (Å²) in [6.45, 7) is 7.34. The number of hydrogen-bond donors (Lipinski definition) is 1. The maximum atomic E-state index is 5.52.